The first-order chi connectivity index (χ1) is 15.6. The first kappa shape index (κ1) is 22.4. The van der Waals surface area contributed by atoms with Crippen LogP contribution >= 0.6 is 23.2 Å². The van der Waals surface area contributed by atoms with E-state index in [1.54, 1.807) is 6.07 Å². The maximum Gasteiger partial charge on any atom is 0.220 e. The second-order valence-electron chi connectivity index (χ2n) is 7.95. The van der Waals surface area contributed by atoms with Crippen molar-refractivity contribution < 1.29 is 4.79 Å². The van der Waals surface area contributed by atoms with E-state index in [4.69, 9.17) is 23.2 Å². The van der Waals surface area contributed by atoms with Crippen LogP contribution in [0.1, 0.15) is 41.5 Å². The smallest absolute Gasteiger partial charge is 0.220 e. The summed E-state index contributed by atoms with van der Waals surface area (Å²) in [5.41, 5.74) is 5.65. The molecule has 1 amide bonds. The molecule has 1 aromatic heterocycles. The first-order valence-electron chi connectivity index (χ1n) is 10.9. The maximum absolute atomic E-state index is 12.9. The van der Waals surface area contributed by atoms with Crippen LogP contribution in [-0.4, -0.2) is 17.4 Å². The lowest BCUT2D eigenvalue weighted by Crippen LogP contribution is -2.27. The number of aryl methyl sites for hydroxylation is 1. The number of fused-ring (bicyclic) bond motifs is 1. The minimum atomic E-state index is -0.137. The van der Waals surface area contributed by atoms with Gasteiger partial charge in [-0.25, -0.2) is 0 Å². The zero-order valence-corrected chi connectivity index (χ0v) is 19.5. The summed E-state index contributed by atoms with van der Waals surface area (Å²) in [7, 11) is 0. The third-order valence-electron chi connectivity index (χ3n) is 5.90. The molecule has 1 heterocycles. The Bertz CT molecular complexity index is 1220. The highest BCUT2D eigenvalue weighted by molar-refractivity contribution is 6.42. The topological polar surface area (TPSA) is 44.9 Å². The van der Waals surface area contributed by atoms with E-state index in [9.17, 15) is 4.79 Å². The van der Waals surface area contributed by atoms with Gasteiger partial charge in [0.05, 0.1) is 10.0 Å². The SMILES string of the molecule is CCc1cccc2c([C@@H](CC(=O)NCCc3ccccc3)c3ccc(Cl)c(Cl)c3)c[nH]c12. The van der Waals surface area contributed by atoms with Gasteiger partial charge in [0.1, 0.15) is 0 Å². The van der Waals surface area contributed by atoms with E-state index in [2.05, 4.69) is 47.6 Å². The van der Waals surface area contributed by atoms with E-state index >= 15 is 0 Å². The van der Waals surface area contributed by atoms with Crippen LogP contribution in [0.25, 0.3) is 10.9 Å². The molecule has 0 spiro atoms. The van der Waals surface area contributed by atoms with E-state index in [1.807, 2.05) is 36.5 Å². The van der Waals surface area contributed by atoms with Crippen molar-refractivity contribution in [3.8, 4) is 0 Å². The largest absolute Gasteiger partial charge is 0.361 e. The summed E-state index contributed by atoms with van der Waals surface area (Å²) in [6.07, 6.45) is 4.09. The van der Waals surface area contributed by atoms with Crippen LogP contribution in [0.3, 0.4) is 0 Å². The average molecular weight is 465 g/mol. The van der Waals surface area contributed by atoms with Gasteiger partial charge in [0.2, 0.25) is 5.91 Å². The Kier molecular flexibility index (Phi) is 7.19. The Morgan fingerprint density at radius 2 is 1.81 bits per heavy atom. The van der Waals surface area contributed by atoms with Gasteiger partial charge in [-0.1, -0.05) is 84.7 Å². The van der Waals surface area contributed by atoms with Crippen molar-refractivity contribution in [1.82, 2.24) is 10.3 Å². The van der Waals surface area contributed by atoms with Gasteiger partial charge in [-0.3, -0.25) is 4.79 Å². The Balaban J connectivity index is 1.60. The molecule has 0 saturated carbocycles. The number of hydrogen-bond donors (Lipinski definition) is 2. The lowest BCUT2D eigenvalue weighted by Gasteiger charge is -2.18. The lowest BCUT2D eigenvalue weighted by atomic mass is 9.87. The standard InChI is InChI=1S/C27H26Cl2N2O/c1-2-19-9-6-10-21-23(17-31-27(19)21)22(20-11-12-24(28)25(29)15-20)16-26(32)30-14-13-18-7-4-3-5-8-18/h3-12,15,17,22,31H,2,13-14,16H2,1H3,(H,30,32)/t22-/m0/s1. The first-order valence-corrected chi connectivity index (χ1v) is 11.7. The summed E-state index contributed by atoms with van der Waals surface area (Å²) >= 11 is 12.5. The Labute approximate surface area is 198 Å². The number of H-pyrrole nitrogens is 1. The van der Waals surface area contributed by atoms with Gasteiger partial charge < -0.3 is 10.3 Å². The Morgan fingerprint density at radius 3 is 2.56 bits per heavy atom. The molecule has 3 aromatic carbocycles. The van der Waals surface area contributed by atoms with Gasteiger partial charge in [0, 0.05) is 36.0 Å². The fourth-order valence-electron chi connectivity index (χ4n) is 4.21. The van der Waals surface area contributed by atoms with Gasteiger partial charge in [-0.2, -0.15) is 0 Å². The molecule has 2 N–H and O–H groups in total. The summed E-state index contributed by atoms with van der Waals surface area (Å²) < 4.78 is 0. The average Bonchev–Trinajstić information content (AvgIpc) is 3.24. The molecule has 0 saturated heterocycles. The van der Waals surface area contributed by atoms with Gasteiger partial charge in [-0.05, 0) is 47.2 Å². The number of hydrogen-bond acceptors (Lipinski definition) is 1. The minimum absolute atomic E-state index is 0.0120. The van der Waals surface area contributed by atoms with Gasteiger partial charge in [0.25, 0.3) is 0 Å². The zero-order valence-electron chi connectivity index (χ0n) is 18.0. The normalized spacial score (nSPS) is 12.1. The van der Waals surface area contributed by atoms with Crippen molar-refractivity contribution in [3.05, 3.63) is 105 Å². The zero-order chi connectivity index (χ0) is 22.5. The molecular weight excluding hydrogens is 439 g/mol. The van der Waals surface area contributed by atoms with Crippen LogP contribution in [0.5, 0.6) is 0 Å². The summed E-state index contributed by atoms with van der Waals surface area (Å²) in [5, 5.41) is 5.22. The number of rotatable bonds is 8. The van der Waals surface area contributed by atoms with E-state index in [1.165, 1.54) is 11.1 Å². The van der Waals surface area contributed by atoms with E-state index in [0.29, 0.717) is 23.0 Å². The van der Waals surface area contributed by atoms with Crippen LogP contribution in [0, 0.1) is 0 Å². The molecule has 32 heavy (non-hydrogen) atoms. The quantitative estimate of drug-likeness (QED) is 0.292. The molecule has 0 fully saturated rings. The molecule has 0 aliphatic rings. The maximum atomic E-state index is 12.9. The fourth-order valence-corrected chi connectivity index (χ4v) is 4.51. The summed E-state index contributed by atoms with van der Waals surface area (Å²) in [6, 6.07) is 22.1. The predicted molar refractivity (Wildman–Crippen MR) is 134 cm³/mol. The molecule has 3 nitrogen and oxygen atoms in total. The number of carbonyl (C=O) groups is 1. The van der Waals surface area contributed by atoms with Crippen LogP contribution in [0.4, 0.5) is 0 Å². The molecule has 4 aromatic rings. The highest BCUT2D eigenvalue weighted by atomic mass is 35.5. The molecule has 0 radical (unpaired) electrons. The van der Waals surface area contributed by atoms with Crippen molar-refractivity contribution in [3.63, 3.8) is 0 Å². The number of amides is 1. The van der Waals surface area contributed by atoms with Crippen LogP contribution in [-0.2, 0) is 17.6 Å². The second kappa shape index (κ2) is 10.2. The number of aromatic nitrogens is 1. The van der Waals surface area contributed by atoms with Crippen molar-refractivity contribution in [2.45, 2.75) is 32.1 Å². The molecule has 4 rings (SSSR count). The Hall–Kier alpha value is -2.75. The molecule has 5 heteroatoms. The number of benzene rings is 3. The molecule has 0 aliphatic carbocycles. The number of halogens is 2. The Morgan fingerprint density at radius 1 is 1.00 bits per heavy atom. The molecule has 0 bridgehead atoms. The fraction of sp³-hybridized carbons (Fsp3) is 0.222. The summed E-state index contributed by atoms with van der Waals surface area (Å²) in [5.74, 6) is -0.125. The molecule has 164 valence electrons. The van der Waals surface area contributed by atoms with Crippen molar-refractivity contribution in [2.24, 2.45) is 0 Å². The summed E-state index contributed by atoms with van der Waals surface area (Å²) in [6.45, 7) is 2.75. The van der Waals surface area contributed by atoms with E-state index in [0.717, 1.165) is 34.9 Å². The number of aromatic amines is 1. The van der Waals surface area contributed by atoms with Crippen molar-refractivity contribution >= 4 is 40.0 Å². The molecule has 1 atom stereocenters. The van der Waals surface area contributed by atoms with Crippen LogP contribution < -0.4 is 5.32 Å². The van der Waals surface area contributed by atoms with Gasteiger partial charge >= 0.3 is 0 Å². The van der Waals surface area contributed by atoms with Gasteiger partial charge in [-0.15, -0.1) is 0 Å². The van der Waals surface area contributed by atoms with E-state index < -0.39 is 0 Å². The van der Waals surface area contributed by atoms with Crippen LogP contribution in [0.15, 0.2) is 72.9 Å². The second-order valence-corrected chi connectivity index (χ2v) is 8.77. The summed E-state index contributed by atoms with van der Waals surface area (Å²) in [4.78, 5) is 16.4. The lowest BCUT2D eigenvalue weighted by molar-refractivity contribution is -0.121. The number of carbonyl (C=O) groups excluding carboxylic acids is 1. The van der Waals surface area contributed by atoms with Crippen molar-refractivity contribution in [1.29, 1.82) is 0 Å². The third kappa shape index (κ3) is 5.01. The highest BCUT2D eigenvalue weighted by Crippen LogP contribution is 2.36. The number of para-hydroxylation sites is 1. The number of nitrogens with one attached hydrogen (secondary N) is 2. The monoisotopic (exact) mass is 464 g/mol. The van der Waals surface area contributed by atoms with Gasteiger partial charge in [0.15, 0.2) is 0 Å². The van der Waals surface area contributed by atoms with E-state index in [-0.39, 0.29) is 11.8 Å². The minimum Gasteiger partial charge on any atom is -0.361 e. The van der Waals surface area contributed by atoms with Crippen molar-refractivity contribution in [2.75, 3.05) is 6.54 Å². The molecule has 0 aliphatic heterocycles. The predicted octanol–water partition coefficient (Wildman–Crippen LogP) is 6.92. The molecular formula is C27H26Cl2N2O. The third-order valence-corrected chi connectivity index (χ3v) is 6.64. The highest BCUT2D eigenvalue weighted by Gasteiger charge is 2.22. The van der Waals surface area contributed by atoms with Crippen LogP contribution in [0.2, 0.25) is 10.0 Å². The molecule has 0 unspecified atom stereocenters.